The molecule has 0 aliphatic heterocycles. The smallest absolute Gasteiger partial charge is 0.0929 e. The Hall–Kier alpha value is 0.390. The van der Waals surface area contributed by atoms with Crippen molar-refractivity contribution in [1.29, 1.82) is 0 Å². The van der Waals surface area contributed by atoms with Gasteiger partial charge in [-0.1, -0.05) is 83.9 Å². The molecule has 1 aliphatic carbocycles. The van der Waals surface area contributed by atoms with Crippen LogP contribution < -0.4 is 0 Å². The molecule has 1 aromatic carbocycles. The maximum atomic E-state index is 6.61. The number of rotatable bonds is 5. The second-order valence-corrected chi connectivity index (χ2v) is 8.40. The second-order valence-electron chi connectivity index (χ2n) is 6.67. The predicted molar refractivity (Wildman–Crippen MR) is 102 cm³/mol. The first kappa shape index (κ1) is 17.7. The van der Waals surface area contributed by atoms with E-state index in [1.807, 2.05) is 0 Å². The molecule has 0 amide bonds. The molecule has 1 fully saturated rings. The van der Waals surface area contributed by atoms with Gasteiger partial charge in [0.25, 0.3) is 0 Å². The molecule has 118 valence electrons. The minimum Gasteiger partial charge on any atom is -0.369 e. The summed E-state index contributed by atoms with van der Waals surface area (Å²) in [6.07, 6.45) is 4.47. The Kier molecular flexibility index (Phi) is 7.01. The molecular formula is C18H26BrIO. The topological polar surface area (TPSA) is 9.23 Å². The molecule has 1 aliphatic rings. The zero-order valence-corrected chi connectivity index (χ0v) is 16.9. The van der Waals surface area contributed by atoms with Crippen molar-refractivity contribution in [3.8, 4) is 0 Å². The minimum absolute atomic E-state index is 0.192. The van der Waals surface area contributed by atoms with Gasteiger partial charge in [-0.15, -0.1) is 0 Å². The van der Waals surface area contributed by atoms with Crippen molar-refractivity contribution >= 4 is 38.5 Å². The molecule has 0 aromatic heterocycles. The lowest BCUT2D eigenvalue weighted by Crippen LogP contribution is -2.35. The van der Waals surface area contributed by atoms with Crippen molar-refractivity contribution in [1.82, 2.24) is 0 Å². The Morgan fingerprint density at radius 3 is 2.62 bits per heavy atom. The van der Waals surface area contributed by atoms with Crippen LogP contribution in [0.15, 0.2) is 28.7 Å². The fourth-order valence-corrected chi connectivity index (χ4v) is 4.63. The van der Waals surface area contributed by atoms with E-state index >= 15 is 0 Å². The van der Waals surface area contributed by atoms with Crippen molar-refractivity contribution in [3.05, 3.63) is 34.3 Å². The molecule has 0 N–H and O–H groups in total. The average Bonchev–Trinajstić information content (AvgIpc) is 2.45. The van der Waals surface area contributed by atoms with Gasteiger partial charge in [0.1, 0.15) is 0 Å². The highest BCUT2D eigenvalue weighted by Crippen LogP contribution is 2.39. The molecule has 3 heteroatoms. The Bertz CT molecular complexity index is 449. The van der Waals surface area contributed by atoms with Gasteiger partial charge in [-0.05, 0) is 42.2 Å². The van der Waals surface area contributed by atoms with Gasteiger partial charge in [0.05, 0.1) is 12.2 Å². The third-order valence-corrected chi connectivity index (χ3v) is 6.21. The van der Waals surface area contributed by atoms with E-state index in [1.54, 1.807) is 0 Å². The van der Waals surface area contributed by atoms with E-state index in [9.17, 15) is 0 Å². The lowest BCUT2D eigenvalue weighted by molar-refractivity contribution is -0.0729. The Morgan fingerprint density at radius 1 is 1.29 bits per heavy atom. The monoisotopic (exact) mass is 464 g/mol. The molecule has 4 unspecified atom stereocenters. The number of hydrogen-bond donors (Lipinski definition) is 0. The van der Waals surface area contributed by atoms with Crippen LogP contribution in [-0.4, -0.2) is 10.5 Å². The van der Waals surface area contributed by atoms with Crippen LogP contribution in [0.4, 0.5) is 0 Å². The van der Waals surface area contributed by atoms with Gasteiger partial charge >= 0.3 is 0 Å². The van der Waals surface area contributed by atoms with Crippen LogP contribution in [0.3, 0.4) is 0 Å². The summed E-state index contributed by atoms with van der Waals surface area (Å²) in [6.45, 7) is 7.05. The van der Waals surface area contributed by atoms with Crippen molar-refractivity contribution in [3.63, 3.8) is 0 Å². The number of hydrogen-bond acceptors (Lipinski definition) is 1. The van der Waals surface area contributed by atoms with Gasteiger partial charge < -0.3 is 4.74 Å². The largest absolute Gasteiger partial charge is 0.369 e. The van der Waals surface area contributed by atoms with E-state index in [-0.39, 0.29) is 6.10 Å². The first-order valence-electron chi connectivity index (χ1n) is 7.98. The Labute approximate surface area is 151 Å². The summed E-state index contributed by atoms with van der Waals surface area (Å²) in [6, 6.07) is 8.47. The fraction of sp³-hybridized carbons (Fsp3) is 0.667. The molecule has 1 aromatic rings. The molecular weight excluding hydrogens is 439 g/mol. The van der Waals surface area contributed by atoms with Crippen LogP contribution >= 0.6 is 38.5 Å². The van der Waals surface area contributed by atoms with Crippen LogP contribution in [0.1, 0.15) is 51.7 Å². The highest BCUT2D eigenvalue weighted by molar-refractivity contribution is 14.1. The Morgan fingerprint density at radius 2 is 2.00 bits per heavy atom. The van der Waals surface area contributed by atoms with Crippen molar-refractivity contribution < 1.29 is 4.74 Å². The molecule has 21 heavy (non-hydrogen) atoms. The molecule has 0 saturated heterocycles. The molecule has 4 atom stereocenters. The summed E-state index contributed by atoms with van der Waals surface area (Å²) in [7, 11) is 0. The average molecular weight is 465 g/mol. The van der Waals surface area contributed by atoms with E-state index in [4.69, 9.17) is 4.74 Å². The van der Waals surface area contributed by atoms with E-state index < -0.39 is 0 Å². The SMILES string of the molecule is CC1CCC(C(C)C)C(OC(CI)c2ccccc2Br)C1. The zero-order valence-electron chi connectivity index (χ0n) is 13.2. The van der Waals surface area contributed by atoms with E-state index in [0.717, 1.165) is 14.8 Å². The predicted octanol–water partition coefficient (Wildman–Crippen LogP) is 6.40. The normalized spacial score (nSPS) is 27.8. The molecule has 1 saturated carbocycles. The highest BCUT2D eigenvalue weighted by atomic mass is 127. The lowest BCUT2D eigenvalue weighted by atomic mass is 9.75. The summed E-state index contributed by atoms with van der Waals surface area (Å²) in [5.74, 6) is 2.20. The summed E-state index contributed by atoms with van der Waals surface area (Å²) < 4.78 is 8.77. The quantitative estimate of drug-likeness (QED) is 0.361. The maximum Gasteiger partial charge on any atom is 0.0929 e. The van der Waals surface area contributed by atoms with Crippen molar-refractivity contribution in [2.24, 2.45) is 17.8 Å². The third kappa shape index (κ3) is 4.68. The standard InChI is InChI=1S/C18H26BrIO/c1-12(2)14-9-8-13(3)10-17(14)21-18(11-20)15-6-4-5-7-16(15)19/h4-7,12-14,17-18H,8-11H2,1-3H3. The third-order valence-electron chi connectivity index (χ3n) is 4.69. The molecule has 0 heterocycles. The van der Waals surface area contributed by atoms with Gasteiger partial charge in [0, 0.05) is 8.90 Å². The summed E-state index contributed by atoms with van der Waals surface area (Å²) in [5.41, 5.74) is 1.28. The van der Waals surface area contributed by atoms with Gasteiger partial charge in [-0.3, -0.25) is 0 Å². The van der Waals surface area contributed by atoms with Crippen molar-refractivity contribution in [2.75, 3.05) is 4.43 Å². The second kappa shape index (κ2) is 8.30. The molecule has 0 spiro atoms. The zero-order chi connectivity index (χ0) is 15.4. The molecule has 1 nitrogen and oxygen atoms in total. The summed E-state index contributed by atoms with van der Waals surface area (Å²) in [4.78, 5) is 0. The van der Waals surface area contributed by atoms with Crippen LogP contribution in [0, 0.1) is 17.8 Å². The van der Waals surface area contributed by atoms with Crippen LogP contribution in [0.2, 0.25) is 0 Å². The van der Waals surface area contributed by atoms with E-state index in [2.05, 4.69) is 83.6 Å². The van der Waals surface area contributed by atoms with Gasteiger partial charge in [0.15, 0.2) is 0 Å². The van der Waals surface area contributed by atoms with Gasteiger partial charge in [0.2, 0.25) is 0 Å². The highest BCUT2D eigenvalue weighted by Gasteiger charge is 2.33. The summed E-state index contributed by atoms with van der Waals surface area (Å²) in [5, 5.41) is 0. The molecule has 0 radical (unpaired) electrons. The van der Waals surface area contributed by atoms with E-state index in [0.29, 0.717) is 17.9 Å². The fourth-order valence-electron chi connectivity index (χ4n) is 3.41. The molecule has 0 bridgehead atoms. The van der Waals surface area contributed by atoms with Gasteiger partial charge in [-0.2, -0.15) is 0 Å². The summed E-state index contributed by atoms with van der Waals surface area (Å²) >= 11 is 6.12. The number of ether oxygens (including phenoxy) is 1. The van der Waals surface area contributed by atoms with Crippen molar-refractivity contribution in [2.45, 2.75) is 52.2 Å². The van der Waals surface area contributed by atoms with Gasteiger partial charge in [-0.25, -0.2) is 0 Å². The first-order valence-corrected chi connectivity index (χ1v) is 10.3. The number of benzene rings is 1. The number of alkyl halides is 1. The van der Waals surface area contributed by atoms with Crippen LogP contribution in [-0.2, 0) is 4.74 Å². The van der Waals surface area contributed by atoms with E-state index in [1.165, 1.54) is 24.8 Å². The maximum absolute atomic E-state index is 6.61. The Balaban J connectivity index is 2.14. The lowest BCUT2D eigenvalue weighted by Gasteiger charge is -2.39. The molecule has 2 rings (SSSR count). The number of halogens is 2. The first-order chi connectivity index (χ1) is 10.0. The minimum atomic E-state index is 0.192. The van der Waals surface area contributed by atoms with Crippen LogP contribution in [0.25, 0.3) is 0 Å². The van der Waals surface area contributed by atoms with Crippen LogP contribution in [0.5, 0.6) is 0 Å².